The molecule has 0 bridgehead atoms. The van der Waals surface area contributed by atoms with Crippen LogP contribution >= 0.6 is 16.1 Å². The minimum atomic E-state index is -2.01. The van der Waals surface area contributed by atoms with E-state index in [2.05, 4.69) is 168 Å². The molecule has 484 valence electrons. The Hall–Kier alpha value is -3.09. The molecule has 0 amide bonds. The van der Waals surface area contributed by atoms with Crippen LogP contribution in [0.1, 0.15) is 315 Å². The fourth-order valence-electron chi connectivity index (χ4n) is 13.5. The van der Waals surface area contributed by atoms with Crippen LogP contribution in [0.5, 0.6) is 0 Å². The van der Waals surface area contributed by atoms with E-state index in [-0.39, 0.29) is 5.82 Å². The minimum absolute atomic E-state index is 0.0240. The first-order chi connectivity index (χ1) is 42.8. The zero-order valence-electron chi connectivity index (χ0n) is 57.5. The second-order valence-electron chi connectivity index (χ2n) is 26.7. The lowest BCUT2D eigenvalue weighted by Gasteiger charge is -2.41. The number of benzene rings is 5. The molecule has 87 heavy (non-hydrogen) atoms. The van der Waals surface area contributed by atoms with Crippen LogP contribution in [0.3, 0.4) is 0 Å². The van der Waals surface area contributed by atoms with Crippen molar-refractivity contribution in [2.75, 3.05) is 4.44 Å². The first-order valence-electron chi connectivity index (χ1n) is 37.4. The summed E-state index contributed by atoms with van der Waals surface area (Å²) in [5, 5.41) is 6.61. The molecule has 0 aliphatic carbocycles. The van der Waals surface area contributed by atoms with Gasteiger partial charge in [-0.1, -0.05) is 393 Å². The molecule has 5 aromatic rings. The van der Waals surface area contributed by atoms with Crippen LogP contribution in [0.2, 0.25) is 18.1 Å². The van der Waals surface area contributed by atoms with Crippen molar-refractivity contribution in [1.29, 1.82) is 0 Å². The average molecular weight is 1240 g/mol. The molecule has 5 rings (SSSR count). The zero-order valence-corrected chi connectivity index (χ0v) is 60.3. The number of unbranched alkanes of at least 4 members (excludes halogenated alkanes) is 31. The molecule has 0 saturated carbocycles. The van der Waals surface area contributed by atoms with Gasteiger partial charge in [-0.05, 0) is 85.8 Å². The van der Waals surface area contributed by atoms with Crippen LogP contribution in [0.4, 0.5) is 10.1 Å². The molecule has 0 heterocycles. The average Bonchev–Trinajstić information content (AvgIpc) is 0.943. The van der Waals surface area contributed by atoms with Gasteiger partial charge in [-0.15, -0.1) is 0 Å². The van der Waals surface area contributed by atoms with E-state index in [1.807, 2.05) is 0 Å². The lowest BCUT2D eigenvalue weighted by Crippen LogP contribution is -2.47. The van der Waals surface area contributed by atoms with E-state index in [1.165, 1.54) is 311 Å². The number of hydrogen-bond donors (Lipinski definition) is 0. The van der Waals surface area contributed by atoms with Crippen molar-refractivity contribution < 1.29 is 4.39 Å². The molecule has 0 aromatic heterocycles. The first kappa shape index (κ1) is 74.6. The van der Waals surface area contributed by atoms with Gasteiger partial charge in [0.2, 0.25) is 0 Å². The third kappa shape index (κ3) is 28.1. The summed E-state index contributed by atoms with van der Waals surface area (Å²) < 4.78 is 21.5. The van der Waals surface area contributed by atoms with E-state index in [1.54, 1.807) is 0 Å². The van der Waals surface area contributed by atoms with E-state index >= 15 is 4.39 Å². The summed E-state index contributed by atoms with van der Waals surface area (Å²) >= 11 is 0. The quantitative estimate of drug-likeness (QED) is 0.0213. The van der Waals surface area contributed by atoms with Gasteiger partial charge < -0.3 is 4.44 Å². The molecule has 0 radical (unpaired) electrons. The van der Waals surface area contributed by atoms with Gasteiger partial charge in [-0.2, -0.15) is 0 Å². The van der Waals surface area contributed by atoms with Crippen molar-refractivity contribution >= 4 is 56.3 Å². The number of halogens is 1. The molecule has 0 saturated heterocycles. The van der Waals surface area contributed by atoms with E-state index in [9.17, 15) is 0 Å². The minimum Gasteiger partial charge on any atom is -0.310 e. The van der Waals surface area contributed by atoms with E-state index in [0.29, 0.717) is 0 Å². The Labute approximate surface area is 541 Å². The van der Waals surface area contributed by atoms with Gasteiger partial charge in [0.1, 0.15) is 5.82 Å². The topological polar surface area (TPSA) is 3.24 Å². The number of aryl methyl sites for hydroxylation is 4. The molecule has 0 spiro atoms. The fraction of sp³-hybridized carbons (Fsp3) is 0.634. The number of nitrogens with zero attached hydrogens (tertiary/aromatic N) is 1. The molecule has 0 atom stereocenters. The Morgan fingerprint density at radius 1 is 0.276 bits per heavy atom. The van der Waals surface area contributed by atoms with Crippen LogP contribution < -0.4 is 30.8 Å². The van der Waals surface area contributed by atoms with Gasteiger partial charge in [0.25, 0.3) is 0 Å². The molecule has 0 fully saturated rings. The molecule has 0 aliphatic rings. The number of rotatable bonds is 53. The third-order valence-corrected chi connectivity index (χ3v) is 30.1. The molecule has 0 N–H and O–H groups in total. The standard InChI is InChI=1S/C82H130FNP2Si/c1-8-15-22-26-30-34-38-42-46-72-50-58-76(59-51-72)85(77-60-52-73(53-61-77)47-43-39-35-31-27-23-16-9-2)84(82-67-66-80(71-81(82)83)87(68-19-12-5,69-20-13-6)70-21-14-7)86(78-62-54-74(55-63-78)48-44-40-36-32-28-24-17-10-3)79-64-56-75(57-65-79)49-45-41-37-33-29-25-18-11-4/h50-67,71H,8-49,68-70H2,1-7H3. The second kappa shape index (κ2) is 46.9. The molecule has 1 nitrogen and oxygen atoms in total. The first-order valence-corrected chi connectivity index (χ1v) is 42.6. The predicted octanol–water partition coefficient (Wildman–Crippen LogP) is 25.5. The fourth-order valence-corrected chi connectivity index (χ4v) is 24.9. The SMILES string of the molecule is CCCCCCCCCCc1ccc(P(c2ccc(CCCCCCCCCC)cc2)N(c2ccc([Si](CCCC)(CCCC)CCCC)cc2F)P(c2ccc(CCCCCCCCCC)cc2)c2ccc(CCCCCCCCCC)cc2)cc1. The van der Waals surface area contributed by atoms with Crippen LogP contribution in [-0.2, 0) is 25.7 Å². The summed E-state index contributed by atoms with van der Waals surface area (Å²) in [6, 6.07) is 49.9. The smallest absolute Gasteiger partial charge is 0.146 e. The van der Waals surface area contributed by atoms with Crippen molar-refractivity contribution in [2.45, 2.75) is 336 Å². The van der Waals surface area contributed by atoms with Crippen molar-refractivity contribution in [3.05, 3.63) is 143 Å². The van der Waals surface area contributed by atoms with E-state index in [4.69, 9.17) is 0 Å². The van der Waals surface area contributed by atoms with Crippen molar-refractivity contribution in [3.63, 3.8) is 0 Å². The highest BCUT2D eigenvalue weighted by atomic mass is 31.2. The van der Waals surface area contributed by atoms with Crippen LogP contribution in [-0.4, -0.2) is 8.07 Å². The van der Waals surface area contributed by atoms with Gasteiger partial charge in [0.15, 0.2) is 0 Å². The van der Waals surface area contributed by atoms with E-state index < -0.39 is 24.2 Å². The van der Waals surface area contributed by atoms with Gasteiger partial charge >= 0.3 is 0 Å². The Bertz CT molecular complexity index is 2150. The molecule has 5 aromatic carbocycles. The monoisotopic (exact) mass is 1240 g/mol. The summed E-state index contributed by atoms with van der Waals surface area (Å²) in [7, 11) is -4.52. The maximum Gasteiger partial charge on any atom is 0.146 e. The normalized spacial score (nSPS) is 11.9. The third-order valence-electron chi connectivity index (χ3n) is 19.2. The summed E-state index contributed by atoms with van der Waals surface area (Å²) in [5.74, 6) is -0.0240. The molecular weight excluding hydrogens is 1110 g/mol. The van der Waals surface area contributed by atoms with Crippen LogP contribution in [0.15, 0.2) is 115 Å². The lowest BCUT2D eigenvalue weighted by atomic mass is 10.0. The van der Waals surface area contributed by atoms with Gasteiger partial charge in [0, 0.05) is 21.2 Å². The molecule has 0 unspecified atom stereocenters. The summed E-state index contributed by atoms with van der Waals surface area (Å²) in [6.45, 7) is 16.3. The Morgan fingerprint density at radius 3 is 0.736 bits per heavy atom. The largest absolute Gasteiger partial charge is 0.310 e. The predicted molar refractivity (Wildman–Crippen MR) is 397 cm³/mol. The highest BCUT2D eigenvalue weighted by Gasteiger charge is 2.37. The molecule has 0 aliphatic heterocycles. The summed E-state index contributed by atoms with van der Waals surface area (Å²) in [5.41, 5.74) is 6.48. The van der Waals surface area contributed by atoms with E-state index in [0.717, 1.165) is 31.4 Å². The maximum atomic E-state index is 18.8. The second-order valence-corrected chi connectivity index (χ2v) is 35.8. The Kier molecular flexibility index (Phi) is 40.2. The zero-order chi connectivity index (χ0) is 61.8. The highest BCUT2D eigenvalue weighted by molar-refractivity contribution is 7.90. The summed E-state index contributed by atoms with van der Waals surface area (Å²) in [6.07, 6.45) is 54.4. The van der Waals surface area contributed by atoms with Gasteiger partial charge in [-0.3, -0.25) is 0 Å². The number of hydrogen-bond acceptors (Lipinski definition) is 1. The Balaban J connectivity index is 1.66. The summed E-state index contributed by atoms with van der Waals surface area (Å²) in [4.78, 5) is 0. The van der Waals surface area contributed by atoms with Crippen LogP contribution in [0.25, 0.3) is 0 Å². The maximum absolute atomic E-state index is 18.8. The van der Waals surface area contributed by atoms with Gasteiger partial charge in [0.05, 0.1) is 29.9 Å². The van der Waals surface area contributed by atoms with Crippen molar-refractivity contribution in [2.24, 2.45) is 0 Å². The highest BCUT2D eigenvalue weighted by Crippen LogP contribution is 2.58. The molecular formula is C82H130FNP2Si. The molecule has 5 heteroatoms. The van der Waals surface area contributed by atoms with Crippen molar-refractivity contribution in [3.8, 4) is 0 Å². The van der Waals surface area contributed by atoms with Crippen molar-refractivity contribution in [1.82, 2.24) is 0 Å². The Morgan fingerprint density at radius 2 is 0.506 bits per heavy atom. The lowest BCUT2D eigenvalue weighted by molar-refractivity contribution is 0.575. The number of anilines is 1. The van der Waals surface area contributed by atoms with Crippen LogP contribution in [0, 0.1) is 5.82 Å². The van der Waals surface area contributed by atoms with Gasteiger partial charge in [-0.25, -0.2) is 4.39 Å².